The second-order valence-electron chi connectivity index (χ2n) is 4.95. The quantitative estimate of drug-likeness (QED) is 0.921. The Bertz CT molecular complexity index is 458. The van der Waals surface area contributed by atoms with Gasteiger partial charge in [0.1, 0.15) is 17.2 Å². The summed E-state index contributed by atoms with van der Waals surface area (Å²) in [5.41, 5.74) is -0.883. The summed E-state index contributed by atoms with van der Waals surface area (Å²) in [7, 11) is 0. The van der Waals surface area contributed by atoms with E-state index in [2.05, 4.69) is 0 Å². The van der Waals surface area contributed by atoms with Crippen molar-refractivity contribution in [2.45, 2.75) is 26.4 Å². The van der Waals surface area contributed by atoms with Crippen molar-refractivity contribution >= 4 is 11.8 Å². The van der Waals surface area contributed by atoms with E-state index in [0.717, 1.165) is 17.0 Å². The standard InChI is InChI=1S/C13H17F2NO3/c1-13(2,3)19-12(18)16(6-7-17)11-5-4-9(14)8-10(11)15/h4-5,8,17H,6-7H2,1-3H3. The first-order valence-electron chi connectivity index (χ1n) is 5.81. The Kier molecular flexibility index (Phi) is 4.83. The van der Waals surface area contributed by atoms with Gasteiger partial charge < -0.3 is 9.84 Å². The maximum atomic E-state index is 13.6. The number of carbonyl (C=O) groups excluding carboxylic acids is 1. The molecule has 0 spiro atoms. The molecule has 0 saturated heterocycles. The predicted octanol–water partition coefficient (Wildman–Crippen LogP) is 2.70. The van der Waals surface area contributed by atoms with Crippen LogP contribution in [0.5, 0.6) is 0 Å². The van der Waals surface area contributed by atoms with Gasteiger partial charge in [-0.05, 0) is 32.9 Å². The van der Waals surface area contributed by atoms with Gasteiger partial charge in [-0.15, -0.1) is 0 Å². The lowest BCUT2D eigenvalue weighted by molar-refractivity contribution is 0.0572. The second kappa shape index (κ2) is 5.97. The zero-order valence-electron chi connectivity index (χ0n) is 11.1. The summed E-state index contributed by atoms with van der Waals surface area (Å²) in [6, 6.07) is 2.83. The number of amides is 1. The van der Waals surface area contributed by atoms with Crippen LogP contribution in [0.1, 0.15) is 20.8 Å². The number of aliphatic hydroxyl groups is 1. The number of hydrogen-bond donors (Lipinski definition) is 1. The zero-order valence-corrected chi connectivity index (χ0v) is 11.1. The third kappa shape index (κ3) is 4.48. The summed E-state index contributed by atoms with van der Waals surface area (Å²) in [5.74, 6) is -1.63. The largest absolute Gasteiger partial charge is 0.443 e. The molecule has 0 saturated carbocycles. The summed E-state index contributed by atoms with van der Waals surface area (Å²) in [4.78, 5) is 12.8. The smallest absolute Gasteiger partial charge is 0.414 e. The van der Waals surface area contributed by atoms with Crippen molar-refractivity contribution in [2.24, 2.45) is 0 Å². The number of halogens is 2. The van der Waals surface area contributed by atoms with Crippen molar-refractivity contribution in [3.05, 3.63) is 29.8 Å². The van der Waals surface area contributed by atoms with E-state index in [4.69, 9.17) is 9.84 Å². The lowest BCUT2D eigenvalue weighted by Gasteiger charge is -2.27. The predicted molar refractivity (Wildman–Crippen MR) is 67.0 cm³/mol. The van der Waals surface area contributed by atoms with E-state index in [0.29, 0.717) is 6.07 Å². The Balaban J connectivity index is 3.03. The molecule has 1 aromatic carbocycles. The molecule has 4 nitrogen and oxygen atoms in total. The lowest BCUT2D eigenvalue weighted by Crippen LogP contribution is -2.39. The molecule has 0 atom stereocenters. The summed E-state index contributed by atoms with van der Waals surface area (Å²) in [5, 5.41) is 8.94. The van der Waals surface area contributed by atoms with Crippen molar-refractivity contribution in [2.75, 3.05) is 18.1 Å². The van der Waals surface area contributed by atoms with Crippen molar-refractivity contribution in [3.8, 4) is 0 Å². The first-order chi connectivity index (χ1) is 8.74. The van der Waals surface area contributed by atoms with Crippen molar-refractivity contribution in [1.29, 1.82) is 0 Å². The molecule has 0 aromatic heterocycles. The summed E-state index contributed by atoms with van der Waals surface area (Å²) >= 11 is 0. The minimum Gasteiger partial charge on any atom is -0.443 e. The monoisotopic (exact) mass is 273 g/mol. The minimum atomic E-state index is -0.890. The summed E-state index contributed by atoms with van der Waals surface area (Å²) in [6.07, 6.45) is -0.799. The second-order valence-corrected chi connectivity index (χ2v) is 4.95. The number of ether oxygens (including phenoxy) is 1. The highest BCUT2D eigenvalue weighted by Crippen LogP contribution is 2.22. The van der Waals surface area contributed by atoms with Gasteiger partial charge in [0.25, 0.3) is 0 Å². The molecule has 0 bridgehead atoms. The average molecular weight is 273 g/mol. The Morgan fingerprint density at radius 3 is 2.47 bits per heavy atom. The number of nitrogens with zero attached hydrogens (tertiary/aromatic N) is 1. The van der Waals surface area contributed by atoms with E-state index >= 15 is 0 Å². The number of benzene rings is 1. The van der Waals surface area contributed by atoms with Gasteiger partial charge in [0.05, 0.1) is 18.8 Å². The molecular weight excluding hydrogens is 256 g/mol. The highest BCUT2D eigenvalue weighted by atomic mass is 19.1. The number of hydrogen-bond acceptors (Lipinski definition) is 3. The molecule has 6 heteroatoms. The normalized spacial score (nSPS) is 11.3. The van der Waals surface area contributed by atoms with E-state index in [1.807, 2.05) is 0 Å². The van der Waals surface area contributed by atoms with Gasteiger partial charge in [-0.2, -0.15) is 0 Å². The SMILES string of the molecule is CC(C)(C)OC(=O)N(CCO)c1ccc(F)cc1F. The van der Waals surface area contributed by atoms with E-state index < -0.39 is 23.3 Å². The van der Waals surface area contributed by atoms with Crippen LogP contribution in [0.2, 0.25) is 0 Å². The topological polar surface area (TPSA) is 49.8 Å². The van der Waals surface area contributed by atoms with Crippen LogP contribution in [0, 0.1) is 11.6 Å². The van der Waals surface area contributed by atoms with E-state index in [9.17, 15) is 13.6 Å². The summed E-state index contributed by atoms with van der Waals surface area (Å²) in [6.45, 7) is 4.50. The lowest BCUT2D eigenvalue weighted by atomic mass is 10.2. The molecule has 0 unspecified atom stereocenters. The minimum absolute atomic E-state index is 0.135. The Hall–Kier alpha value is -1.69. The van der Waals surface area contributed by atoms with Gasteiger partial charge in [0, 0.05) is 6.07 Å². The van der Waals surface area contributed by atoms with Crippen LogP contribution in [0.4, 0.5) is 19.3 Å². The number of anilines is 1. The van der Waals surface area contributed by atoms with E-state index in [-0.39, 0.29) is 18.8 Å². The molecule has 0 radical (unpaired) electrons. The molecular formula is C13H17F2NO3. The molecule has 0 heterocycles. The highest BCUT2D eigenvalue weighted by molar-refractivity contribution is 5.88. The van der Waals surface area contributed by atoms with Crippen LogP contribution in [-0.4, -0.2) is 30.0 Å². The molecule has 0 aliphatic carbocycles. The van der Waals surface area contributed by atoms with Crippen LogP contribution in [0.15, 0.2) is 18.2 Å². The fourth-order valence-electron chi connectivity index (χ4n) is 1.43. The molecule has 106 valence electrons. The van der Waals surface area contributed by atoms with Crippen LogP contribution in [0.3, 0.4) is 0 Å². The van der Waals surface area contributed by atoms with E-state index in [1.54, 1.807) is 20.8 Å². The maximum absolute atomic E-state index is 13.6. The van der Waals surface area contributed by atoms with Gasteiger partial charge in [-0.1, -0.05) is 0 Å². The van der Waals surface area contributed by atoms with Gasteiger partial charge in [-0.25, -0.2) is 13.6 Å². The molecule has 1 rings (SSSR count). The highest BCUT2D eigenvalue weighted by Gasteiger charge is 2.25. The number of rotatable bonds is 3. The van der Waals surface area contributed by atoms with Gasteiger partial charge >= 0.3 is 6.09 Å². The Morgan fingerprint density at radius 2 is 2.00 bits per heavy atom. The maximum Gasteiger partial charge on any atom is 0.414 e. The third-order valence-corrected chi connectivity index (χ3v) is 2.14. The molecule has 1 N–H and O–H groups in total. The van der Waals surface area contributed by atoms with Crippen molar-refractivity contribution in [3.63, 3.8) is 0 Å². The van der Waals surface area contributed by atoms with Crippen LogP contribution in [0.25, 0.3) is 0 Å². The fourth-order valence-corrected chi connectivity index (χ4v) is 1.43. The third-order valence-electron chi connectivity index (χ3n) is 2.14. The summed E-state index contributed by atoms with van der Waals surface area (Å²) < 4.78 is 31.6. The molecule has 0 aliphatic heterocycles. The molecule has 0 aliphatic rings. The number of carbonyl (C=O) groups is 1. The van der Waals surface area contributed by atoms with Crippen molar-refractivity contribution < 1.29 is 23.4 Å². The zero-order chi connectivity index (χ0) is 14.6. The fraction of sp³-hybridized carbons (Fsp3) is 0.462. The van der Waals surface area contributed by atoms with E-state index in [1.165, 1.54) is 0 Å². The van der Waals surface area contributed by atoms with Crippen LogP contribution in [-0.2, 0) is 4.74 Å². The average Bonchev–Trinajstić information content (AvgIpc) is 2.24. The van der Waals surface area contributed by atoms with Gasteiger partial charge in [0.2, 0.25) is 0 Å². The van der Waals surface area contributed by atoms with Crippen LogP contribution >= 0.6 is 0 Å². The van der Waals surface area contributed by atoms with Gasteiger partial charge in [0.15, 0.2) is 0 Å². The van der Waals surface area contributed by atoms with Crippen molar-refractivity contribution in [1.82, 2.24) is 0 Å². The molecule has 19 heavy (non-hydrogen) atoms. The van der Waals surface area contributed by atoms with Crippen LogP contribution < -0.4 is 4.90 Å². The first kappa shape index (κ1) is 15.4. The molecule has 0 fully saturated rings. The molecule has 1 aromatic rings. The number of aliphatic hydroxyl groups excluding tert-OH is 1. The molecule has 1 amide bonds. The first-order valence-corrected chi connectivity index (χ1v) is 5.81. The Labute approximate surface area is 110 Å². The Morgan fingerprint density at radius 1 is 1.37 bits per heavy atom. The van der Waals surface area contributed by atoms with Gasteiger partial charge in [-0.3, -0.25) is 4.90 Å².